The second-order valence-electron chi connectivity index (χ2n) is 6.48. The molecule has 1 nitrogen and oxygen atoms in total. The fraction of sp³-hybridized carbons (Fsp3) is 1.00. The fourth-order valence-corrected chi connectivity index (χ4v) is 5.34. The second-order valence-corrected chi connectivity index (χ2v) is 11.9. The van der Waals surface area contributed by atoms with Crippen LogP contribution in [0.2, 0.25) is 19.6 Å². The Balaban J connectivity index is 4.21. The largest absolute Gasteiger partial charge is 0.327 e. The van der Waals surface area contributed by atoms with Gasteiger partial charge in [-0.15, -0.1) is 0 Å². The van der Waals surface area contributed by atoms with E-state index in [0.29, 0.717) is 0 Å². The van der Waals surface area contributed by atoms with Gasteiger partial charge in [-0.2, -0.15) is 0 Å². The van der Waals surface area contributed by atoms with E-state index in [9.17, 15) is 0 Å². The molecule has 0 saturated heterocycles. The number of hydrogen-bond donors (Lipinski definition) is 0. The molecular formula is C14H34NSi+. The summed E-state index contributed by atoms with van der Waals surface area (Å²) in [6, 6.07) is 0. The van der Waals surface area contributed by atoms with Crippen LogP contribution in [0.5, 0.6) is 0 Å². The van der Waals surface area contributed by atoms with Crippen LogP contribution in [0, 0.1) is 0 Å². The van der Waals surface area contributed by atoms with Gasteiger partial charge in [-0.1, -0.05) is 39.4 Å². The molecule has 16 heavy (non-hydrogen) atoms. The highest BCUT2D eigenvalue weighted by atomic mass is 28.3. The summed E-state index contributed by atoms with van der Waals surface area (Å²) < 4.78 is 1.37. The van der Waals surface area contributed by atoms with Crippen molar-refractivity contribution in [2.45, 2.75) is 66.1 Å². The molecule has 0 aliphatic carbocycles. The van der Waals surface area contributed by atoms with E-state index in [1.165, 1.54) is 56.0 Å². The highest BCUT2D eigenvalue weighted by Crippen LogP contribution is 2.16. The molecule has 0 unspecified atom stereocenters. The first-order valence-corrected chi connectivity index (χ1v) is 10.9. The monoisotopic (exact) mass is 244 g/mol. The maximum absolute atomic E-state index is 2.51. The van der Waals surface area contributed by atoms with Crippen molar-refractivity contribution in [3.8, 4) is 0 Å². The summed E-state index contributed by atoms with van der Waals surface area (Å²) in [5.41, 5.74) is 0. The van der Waals surface area contributed by atoms with Crippen molar-refractivity contribution < 1.29 is 4.48 Å². The third-order valence-electron chi connectivity index (χ3n) is 3.64. The Morgan fingerprint density at radius 1 is 0.812 bits per heavy atom. The summed E-state index contributed by atoms with van der Waals surface area (Å²) in [6.07, 6.45) is 7.10. The van der Waals surface area contributed by atoms with Gasteiger partial charge in [-0.3, -0.25) is 0 Å². The van der Waals surface area contributed by atoms with Crippen LogP contribution in [0.15, 0.2) is 0 Å². The first-order valence-electron chi connectivity index (χ1n) is 7.24. The zero-order valence-corrected chi connectivity index (χ0v) is 13.6. The van der Waals surface area contributed by atoms with Gasteiger partial charge >= 0.3 is 0 Å². The fourth-order valence-electron chi connectivity index (χ4n) is 2.72. The molecule has 0 radical (unpaired) electrons. The average Bonchev–Trinajstić information content (AvgIpc) is 2.21. The van der Waals surface area contributed by atoms with Gasteiger partial charge in [-0.25, -0.2) is 0 Å². The number of hydrogen-bond acceptors (Lipinski definition) is 0. The van der Waals surface area contributed by atoms with Crippen molar-refractivity contribution in [3.63, 3.8) is 0 Å². The lowest BCUT2D eigenvalue weighted by atomic mass is 10.2. The summed E-state index contributed by atoms with van der Waals surface area (Å²) in [7, 11) is -0.931. The normalized spacial score (nSPS) is 13.1. The van der Waals surface area contributed by atoms with Crippen molar-refractivity contribution in [1.82, 2.24) is 0 Å². The van der Waals surface area contributed by atoms with Gasteiger partial charge in [0.1, 0.15) is 8.07 Å². The standard InChI is InChI=1S/C14H34NSi/c1-7-10-11-12-13-15(8-2,9-3)14-16(4,5)6/h7-14H2,1-6H3/q+1. The summed E-state index contributed by atoms with van der Waals surface area (Å²) >= 11 is 0. The first kappa shape index (κ1) is 16.2. The van der Waals surface area contributed by atoms with Gasteiger partial charge in [0, 0.05) is 0 Å². The van der Waals surface area contributed by atoms with Gasteiger partial charge in [0.25, 0.3) is 0 Å². The zero-order valence-electron chi connectivity index (χ0n) is 12.6. The minimum Gasteiger partial charge on any atom is -0.327 e. The molecular weight excluding hydrogens is 210 g/mol. The van der Waals surface area contributed by atoms with E-state index < -0.39 is 8.07 Å². The van der Waals surface area contributed by atoms with Crippen LogP contribution < -0.4 is 0 Å². The summed E-state index contributed by atoms with van der Waals surface area (Å²) in [6.45, 7) is 18.7. The van der Waals surface area contributed by atoms with Crippen molar-refractivity contribution in [2.75, 3.05) is 25.8 Å². The second kappa shape index (κ2) is 7.49. The Morgan fingerprint density at radius 2 is 1.38 bits per heavy atom. The SMILES string of the molecule is CCCCCC[N+](CC)(CC)C[Si](C)(C)C. The maximum atomic E-state index is 2.51. The van der Waals surface area contributed by atoms with Crippen LogP contribution in [0.4, 0.5) is 0 Å². The van der Waals surface area contributed by atoms with Crippen LogP contribution >= 0.6 is 0 Å². The average molecular weight is 245 g/mol. The van der Waals surface area contributed by atoms with Gasteiger partial charge < -0.3 is 4.48 Å². The molecule has 0 aromatic carbocycles. The molecule has 0 heterocycles. The van der Waals surface area contributed by atoms with Gasteiger partial charge in [-0.05, 0) is 26.7 Å². The lowest BCUT2D eigenvalue weighted by Crippen LogP contribution is -2.56. The van der Waals surface area contributed by atoms with Gasteiger partial charge in [0.2, 0.25) is 0 Å². The Morgan fingerprint density at radius 3 is 1.75 bits per heavy atom. The van der Waals surface area contributed by atoms with Crippen molar-refractivity contribution >= 4 is 8.07 Å². The molecule has 0 spiro atoms. The minimum absolute atomic E-state index is 0.931. The molecule has 0 aromatic rings. The van der Waals surface area contributed by atoms with Crippen LogP contribution in [-0.2, 0) is 0 Å². The third kappa shape index (κ3) is 6.69. The Bertz CT molecular complexity index is 168. The molecule has 2 heteroatoms. The van der Waals surface area contributed by atoms with Crippen LogP contribution in [0.25, 0.3) is 0 Å². The summed E-state index contributed by atoms with van der Waals surface area (Å²) in [4.78, 5) is 0. The molecule has 0 aromatic heterocycles. The molecule has 0 amide bonds. The topological polar surface area (TPSA) is 0 Å². The zero-order chi connectivity index (χ0) is 12.7. The van der Waals surface area contributed by atoms with E-state index in [0.717, 1.165) is 0 Å². The molecule has 98 valence electrons. The molecule has 0 atom stereocenters. The molecule has 0 saturated carbocycles. The van der Waals surface area contributed by atoms with Crippen molar-refractivity contribution in [1.29, 1.82) is 0 Å². The lowest BCUT2D eigenvalue weighted by molar-refractivity contribution is -0.916. The molecule has 0 rings (SSSR count). The number of unbranched alkanes of at least 4 members (excludes halogenated alkanes) is 3. The predicted molar refractivity (Wildman–Crippen MR) is 78.6 cm³/mol. The van der Waals surface area contributed by atoms with E-state index in [-0.39, 0.29) is 0 Å². The Hall–Kier alpha value is 0.177. The van der Waals surface area contributed by atoms with Crippen LogP contribution in [0.1, 0.15) is 46.5 Å². The van der Waals surface area contributed by atoms with E-state index in [1.54, 1.807) is 0 Å². The number of nitrogens with zero attached hydrogens (tertiary/aromatic N) is 1. The van der Waals surface area contributed by atoms with Crippen LogP contribution in [-0.4, -0.2) is 38.4 Å². The highest BCUT2D eigenvalue weighted by Gasteiger charge is 2.30. The smallest absolute Gasteiger partial charge is 0.110 e. The predicted octanol–water partition coefficient (Wildman–Crippen LogP) is 4.30. The van der Waals surface area contributed by atoms with Gasteiger partial charge in [0.05, 0.1) is 25.8 Å². The third-order valence-corrected chi connectivity index (χ3v) is 5.26. The molecule has 0 bridgehead atoms. The van der Waals surface area contributed by atoms with E-state index >= 15 is 0 Å². The van der Waals surface area contributed by atoms with Gasteiger partial charge in [0.15, 0.2) is 0 Å². The quantitative estimate of drug-likeness (QED) is 0.322. The number of rotatable bonds is 9. The molecule has 0 aliphatic rings. The van der Waals surface area contributed by atoms with E-state index in [1.807, 2.05) is 0 Å². The molecule has 0 aliphatic heterocycles. The van der Waals surface area contributed by atoms with E-state index in [4.69, 9.17) is 0 Å². The summed E-state index contributed by atoms with van der Waals surface area (Å²) in [5, 5.41) is 0. The van der Waals surface area contributed by atoms with Crippen LogP contribution in [0.3, 0.4) is 0 Å². The summed E-state index contributed by atoms with van der Waals surface area (Å²) in [5.74, 6) is 0. The first-order chi connectivity index (χ1) is 7.39. The Kier molecular flexibility index (Phi) is 7.58. The molecule has 0 N–H and O–H groups in total. The highest BCUT2D eigenvalue weighted by molar-refractivity contribution is 6.76. The molecule has 0 fully saturated rings. The maximum Gasteiger partial charge on any atom is 0.110 e. The Labute approximate surface area is 105 Å². The number of quaternary nitrogens is 1. The van der Waals surface area contributed by atoms with Crippen molar-refractivity contribution in [3.05, 3.63) is 0 Å². The van der Waals surface area contributed by atoms with E-state index in [2.05, 4.69) is 40.4 Å². The van der Waals surface area contributed by atoms with Crippen molar-refractivity contribution in [2.24, 2.45) is 0 Å². The minimum atomic E-state index is -0.931. The lowest BCUT2D eigenvalue weighted by Gasteiger charge is -2.41.